The van der Waals surface area contributed by atoms with Gasteiger partial charge in [0.1, 0.15) is 0 Å². The van der Waals surface area contributed by atoms with Crippen LogP contribution >= 0.6 is 0 Å². The Kier molecular flexibility index (Phi) is 2.79. The van der Waals surface area contributed by atoms with Gasteiger partial charge in [0.15, 0.2) is 0 Å². The van der Waals surface area contributed by atoms with E-state index in [4.69, 9.17) is 4.74 Å². The molecular weight excluding hydrogens is 212 g/mol. The molecule has 3 heterocycles. The highest BCUT2D eigenvalue weighted by atomic mass is 16.5. The second kappa shape index (κ2) is 4.44. The minimum absolute atomic E-state index is 0.394. The molecule has 0 radical (unpaired) electrons. The highest BCUT2D eigenvalue weighted by Gasteiger charge is 2.34. The molecule has 1 saturated heterocycles. The molecule has 0 amide bonds. The van der Waals surface area contributed by atoms with Crippen LogP contribution in [0.3, 0.4) is 0 Å². The first kappa shape index (κ1) is 10.7. The second-order valence-electron chi connectivity index (χ2n) is 4.63. The lowest BCUT2D eigenvalue weighted by Crippen LogP contribution is -2.47. The van der Waals surface area contributed by atoms with E-state index in [1.54, 1.807) is 7.11 Å². The molecule has 3 aliphatic rings. The summed E-state index contributed by atoms with van der Waals surface area (Å²) in [4.78, 5) is 4.81. The second-order valence-corrected chi connectivity index (χ2v) is 4.63. The molecule has 3 heteroatoms. The Balaban J connectivity index is 1.88. The number of allylic oxidation sites excluding steroid dienone is 2. The average molecular weight is 230 g/mol. The number of ether oxygens (including phenoxy) is 1. The molecule has 1 fully saturated rings. The smallest absolute Gasteiger partial charge is 0.0828 e. The number of fused-ring (bicyclic) bond motifs is 2. The van der Waals surface area contributed by atoms with E-state index in [0.717, 1.165) is 32.5 Å². The zero-order valence-corrected chi connectivity index (χ0v) is 10.2. The van der Waals surface area contributed by atoms with Crippen molar-refractivity contribution in [2.45, 2.75) is 18.9 Å². The van der Waals surface area contributed by atoms with Crippen molar-refractivity contribution in [3.8, 4) is 0 Å². The molecule has 0 aromatic heterocycles. The Labute approximate surface area is 102 Å². The molecule has 0 bridgehead atoms. The van der Waals surface area contributed by atoms with E-state index in [-0.39, 0.29) is 0 Å². The molecular formula is C14H18N2O. The minimum atomic E-state index is 0.394. The summed E-state index contributed by atoms with van der Waals surface area (Å²) >= 11 is 0. The van der Waals surface area contributed by atoms with Gasteiger partial charge in [-0.15, -0.1) is 5.73 Å². The van der Waals surface area contributed by atoms with Crippen LogP contribution in [0.5, 0.6) is 0 Å². The van der Waals surface area contributed by atoms with E-state index in [9.17, 15) is 0 Å². The topological polar surface area (TPSA) is 15.7 Å². The first-order valence-corrected chi connectivity index (χ1v) is 6.23. The molecule has 0 aromatic rings. The van der Waals surface area contributed by atoms with Crippen LogP contribution in [0.4, 0.5) is 0 Å². The first-order valence-electron chi connectivity index (χ1n) is 6.23. The molecule has 0 aromatic carbocycles. The van der Waals surface area contributed by atoms with E-state index < -0.39 is 0 Å². The van der Waals surface area contributed by atoms with Crippen LogP contribution in [0.1, 0.15) is 12.8 Å². The van der Waals surface area contributed by atoms with Crippen LogP contribution in [0.15, 0.2) is 41.6 Å². The normalized spacial score (nSPS) is 25.6. The average Bonchev–Trinajstić information content (AvgIpc) is 2.82. The van der Waals surface area contributed by atoms with E-state index in [2.05, 4.69) is 40.0 Å². The molecule has 0 N–H and O–H groups in total. The number of rotatable bonds is 3. The van der Waals surface area contributed by atoms with Crippen LogP contribution in [0.25, 0.3) is 0 Å². The summed E-state index contributed by atoms with van der Waals surface area (Å²) in [6, 6.07) is 0.394. The highest BCUT2D eigenvalue weighted by molar-refractivity contribution is 5.30. The number of hydrogen-bond acceptors (Lipinski definition) is 3. The zero-order chi connectivity index (χ0) is 11.7. The number of methoxy groups -OCH3 is 1. The summed E-state index contributed by atoms with van der Waals surface area (Å²) in [6.45, 7) is 2.82. The fraction of sp³-hybridized carbons (Fsp3) is 0.500. The van der Waals surface area contributed by atoms with Crippen molar-refractivity contribution in [3.63, 3.8) is 0 Å². The maximum absolute atomic E-state index is 5.23. The van der Waals surface area contributed by atoms with Gasteiger partial charge in [-0.1, -0.05) is 12.2 Å². The van der Waals surface area contributed by atoms with E-state index in [1.165, 1.54) is 11.4 Å². The van der Waals surface area contributed by atoms with Crippen LogP contribution in [-0.2, 0) is 4.74 Å². The Morgan fingerprint density at radius 1 is 1.53 bits per heavy atom. The van der Waals surface area contributed by atoms with Gasteiger partial charge in [-0.2, -0.15) is 0 Å². The van der Waals surface area contributed by atoms with Gasteiger partial charge in [-0.25, -0.2) is 0 Å². The summed E-state index contributed by atoms with van der Waals surface area (Å²) in [5.74, 6) is 0. The zero-order valence-electron chi connectivity index (χ0n) is 10.2. The van der Waals surface area contributed by atoms with E-state index >= 15 is 0 Å². The Bertz CT molecular complexity index is 430. The van der Waals surface area contributed by atoms with Crippen molar-refractivity contribution in [1.82, 2.24) is 9.80 Å². The van der Waals surface area contributed by atoms with Crippen LogP contribution in [0, 0.1) is 0 Å². The molecule has 90 valence electrons. The van der Waals surface area contributed by atoms with Crippen LogP contribution < -0.4 is 0 Å². The van der Waals surface area contributed by atoms with Crippen LogP contribution in [0.2, 0.25) is 0 Å². The number of hydrogen-bond donors (Lipinski definition) is 0. The van der Waals surface area contributed by atoms with Crippen molar-refractivity contribution in [1.29, 1.82) is 0 Å². The summed E-state index contributed by atoms with van der Waals surface area (Å²) in [5.41, 5.74) is 6.16. The van der Waals surface area contributed by atoms with Gasteiger partial charge < -0.3 is 14.5 Å². The van der Waals surface area contributed by atoms with Crippen molar-refractivity contribution in [3.05, 3.63) is 41.6 Å². The van der Waals surface area contributed by atoms with Gasteiger partial charge in [-0.05, 0) is 18.9 Å². The van der Waals surface area contributed by atoms with Crippen molar-refractivity contribution < 1.29 is 4.74 Å². The van der Waals surface area contributed by atoms with Gasteiger partial charge in [0.25, 0.3) is 0 Å². The lowest BCUT2D eigenvalue weighted by Gasteiger charge is -2.44. The molecule has 3 aliphatic heterocycles. The SMILES string of the molecule is COCC[C@H]1C2=C=CCN2CC2=CCC=CN21. The van der Waals surface area contributed by atoms with Gasteiger partial charge in [0.05, 0.1) is 18.3 Å². The molecule has 3 rings (SSSR count). The lowest BCUT2D eigenvalue weighted by molar-refractivity contribution is 0.148. The third-order valence-corrected chi connectivity index (χ3v) is 3.59. The van der Waals surface area contributed by atoms with Gasteiger partial charge >= 0.3 is 0 Å². The Hall–Kier alpha value is -1.44. The van der Waals surface area contributed by atoms with Gasteiger partial charge in [0, 0.05) is 32.2 Å². The molecule has 0 spiro atoms. The predicted molar refractivity (Wildman–Crippen MR) is 67.1 cm³/mol. The monoisotopic (exact) mass is 230 g/mol. The third kappa shape index (κ3) is 1.82. The molecule has 17 heavy (non-hydrogen) atoms. The van der Waals surface area contributed by atoms with Crippen molar-refractivity contribution in [2.75, 3.05) is 26.8 Å². The first-order chi connectivity index (χ1) is 8.40. The fourth-order valence-corrected chi connectivity index (χ4v) is 2.77. The molecule has 1 atom stereocenters. The third-order valence-electron chi connectivity index (χ3n) is 3.59. The molecule has 3 nitrogen and oxygen atoms in total. The molecule has 0 saturated carbocycles. The quantitative estimate of drug-likeness (QED) is 0.688. The lowest BCUT2D eigenvalue weighted by atomic mass is 10.0. The van der Waals surface area contributed by atoms with Crippen LogP contribution in [-0.4, -0.2) is 42.6 Å². The molecule has 0 unspecified atom stereocenters. The number of piperazine rings is 1. The maximum Gasteiger partial charge on any atom is 0.0828 e. The summed E-state index contributed by atoms with van der Waals surface area (Å²) < 4.78 is 5.23. The standard InChI is InChI=1S/C14H18N2O/c1-17-10-7-14-13-6-4-8-15(13)11-12-5-2-3-9-16(12)14/h3-5,9,14H,2,7-8,10-11H2,1H3/t14-/m0/s1. The van der Waals surface area contributed by atoms with Gasteiger partial charge in [0.2, 0.25) is 0 Å². The largest absolute Gasteiger partial charge is 0.385 e. The van der Waals surface area contributed by atoms with E-state index in [0.29, 0.717) is 6.04 Å². The Morgan fingerprint density at radius 2 is 2.47 bits per heavy atom. The molecule has 0 aliphatic carbocycles. The number of nitrogens with zero attached hydrogens (tertiary/aromatic N) is 2. The van der Waals surface area contributed by atoms with Crippen molar-refractivity contribution in [2.24, 2.45) is 0 Å². The summed E-state index contributed by atoms with van der Waals surface area (Å²) in [7, 11) is 1.77. The van der Waals surface area contributed by atoms with E-state index in [1.807, 2.05) is 0 Å². The highest BCUT2D eigenvalue weighted by Crippen LogP contribution is 2.32. The Morgan fingerprint density at radius 3 is 3.35 bits per heavy atom. The maximum atomic E-state index is 5.23. The summed E-state index contributed by atoms with van der Waals surface area (Å²) in [5, 5.41) is 0. The summed E-state index contributed by atoms with van der Waals surface area (Å²) in [6.07, 6.45) is 11.0. The fourth-order valence-electron chi connectivity index (χ4n) is 2.77. The van der Waals surface area contributed by atoms with Gasteiger partial charge in [-0.3, -0.25) is 0 Å². The minimum Gasteiger partial charge on any atom is -0.385 e. The predicted octanol–water partition coefficient (Wildman–Crippen LogP) is 1.86. The van der Waals surface area contributed by atoms with Crippen molar-refractivity contribution >= 4 is 0 Å².